The first-order chi connectivity index (χ1) is 8.96. The summed E-state index contributed by atoms with van der Waals surface area (Å²) in [5.74, 6) is -0.263. The Bertz CT molecular complexity index is 337. The third-order valence-electron chi connectivity index (χ3n) is 4.91. The van der Waals surface area contributed by atoms with Gasteiger partial charge in [0.25, 0.3) is 0 Å². The van der Waals surface area contributed by atoms with Gasteiger partial charge in [0.2, 0.25) is 0 Å². The molecule has 2 aliphatic rings. The molecule has 2 fully saturated rings. The molecule has 3 atom stereocenters. The number of carbonyl (C=O) groups is 1. The average Bonchev–Trinajstić information content (AvgIpc) is 2.97. The molecule has 1 heterocycles. The Morgan fingerprint density at radius 3 is 2.84 bits per heavy atom. The van der Waals surface area contributed by atoms with Gasteiger partial charge in [-0.2, -0.15) is 0 Å². The number of likely N-dealkylation sites (tertiary alicyclic amines) is 1. The van der Waals surface area contributed by atoms with Gasteiger partial charge >= 0.3 is 5.97 Å². The van der Waals surface area contributed by atoms with Crippen molar-refractivity contribution in [2.45, 2.75) is 49.7 Å². The quantitative estimate of drug-likeness (QED) is 0.750. The second-order valence-corrected chi connectivity index (χ2v) is 6.26. The molecule has 0 aromatic carbocycles. The Morgan fingerprint density at radius 1 is 1.53 bits per heavy atom. The van der Waals surface area contributed by atoms with Crippen LogP contribution in [0.2, 0.25) is 0 Å². The zero-order valence-corrected chi connectivity index (χ0v) is 12.4. The lowest BCUT2D eigenvalue weighted by atomic mass is 9.99. The molecule has 2 N–H and O–H groups in total. The van der Waals surface area contributed by atoms with Crippen molar-refractivity contribution in [2.24, 2.45) is 5.73 Å². The van der Waals surface area contributed by atoms with E-state index in [0.29, 0.717) is 18.5 Å². The number of ether oxygens (including phenoxy) is 1. The van der Waals surface area contributed by atoms with Crippen LogP contribution >= 0.6 is 0 Å². The molecule has 2 rings (SSSR count). The van der Waals surface area contributed by atoms with Crippen LogP contribution in [-0.2, 0) is 9.53 Å². The molecule has 0 amide bonds. The number of nitrogens with two attached hydrogens (primary N) is 1. The van der Waals surface area contributed by atoms with Crippen molar-refractivity contribution in [3.8, 4) is 0 Å². The average molecular weight is 269 g/mol. The number of hydrogen-bond donors (Lipinski definition) is 1. The third-order valence-corrected chi connectivity index (χ3v) is 4.91. The fourth-order valence-electron chi connectivity index (χ4n) is 3.51. The maximum atomic E-state index is 11.7. The summed E-state index contributed by atoms with van der Waals surface area (Å²) in [6, 6.07) is 1.05. The lowest BCUT2D eigenvalue weighted by Crippen LogP contribution is -2.48. The predicted octanol–water partition coefficient (Wildman–Crippen LogP) is 0.435. The van der Waals surface area contributed by atoms with E-state index in [4.69, 9.17) is 10.5 Å². The first-order valence-corrected chi connectivity index (χ1v) is 7.24. The minimum absolute atomic E-state index is 0.263. The minimum Gasteiger partial charge on any atom is -0.468 e. The normalized spacial score (nSPS) is 36.1. The van der Waals surface area contributed by atoms with Crippen molar-refractivity contribution >= 4 is 5.97 Å². The van der Waals surface area contributed by atoms with E-state index >= 15 is 0 Å². The van der Waals surface area contributed by atoms with Crippen LogP contribution in [0.25, 0.3) is 0 Å². The number of hydrogen-bond acceptors (Lipinski definition) is 5. The summed E-state index contributed by atoms with van der Waals surface area (Å²) >= 11 is 0. The lowest BCUT2D eigenvalue weighted by molar-refractivity contribution is -0.146. The molecule has 5 nitrogen and oxygen atoms in total. The highest BCUT2D eigenvalue weighted by Gasteiger charge is 2.44. The summed E-state index contributed by atoms with van der Waals surface area (Å²) < 4.78 is 4.83. The molecular weight excluding hydrogens is 242 g/mol. The zero-order chi connectivity index (χ0) is 14.0. The second-order valence-electron chi connectivity index (χ2n) is 6.26. The maximum absolute atomic E-state index is 11.7. The first-order valence-electron chi connectivity index (χ1n) is 7.24. The number of carbonyl (C=O) groups excluding carboxylic acids is 1. The van der Waals surface area contributed by atoms with Crippen LogP contribution in [0.15, 0.2) is 0 Å². The number of esters is 1. The van der Waals surface area contributed by atoms with E-state index in [0.717, 1.165) is 19.4 Å². The van der Waals surface area contributed by atoms with E-state index in [1.54, 1.807) is 0 Å². The maximum Gasteiger partial charge on any atom is 0.325 e. The van der Waals surface area contributed by atoms with Gasteiger partial charge in [0, 0.05) is 18.6 Å². The molecule has 0 aromatic heterocycles. The van der Waals surface area contributed by atoms with Crippen LogP contribution < -0.4 is 5.73 Å². The number of methoxy groups -OCH3 is 1. The van der Waals surface area contributed by atoms with E-state index in [-0.39, 0.29) is 5.97 Å². The van der Waals surface area contributed by atoms with Crippen molar-refractivity contribution in [1.29, 1.82) is 0 Å². The van der Waals surface area contributed by atoms with Crippen molar-refractivity contribution in [1.82, 2.24) is 9.80 Å². The fourth-order valence-corrected chi connectivity index (χ4v) is 3.51. The molecule has 0 bridgehead atoms. The standard InChI is InChI=1S/C14H27N3O2/c1-16-8-4-5-12(16)10-17(2)11-6-7-14(15,9-11)13(18)19-3/h11-12H,4-10,15H2,1-3H3. The SMILES string of the molecule is COC(=O)C1(N)CCC(N(C)CC2CCCN2C)C1. The Morgan fingerprint density at radius 2 is 2.26 bits per heavy atom. The largest absolute Gasteiger partial charge is 0.468 e. The highest BCUT2D eigenvalue weighted by Crippen LogP contribution is 2.32. The third kappa shape index (κ3) is 3.09. The summed E-state index contributed by atoms with van der Waals surface area (Å²) in [6.07, 6.45) is 5.00. The van der Waals surface area contributed by atoms with Gasteiger partial charge in [0.05, 0.1) is 7.11 Å². The molecule has 0 radical (unpaired) electrons. The monoisotopic (exact) mass is 269 g/mol. The molecular formula is C14H27N3O2. The molecule has 1 saturated carbocycles. The molecule has 5 heteroatoms. The smallest absolute Gasteiger partial charge is 0.325 e. The molecule has 110 valence electrons. The highest BCUT2D eigenvalue weighted by molar-refractivity contribution is 5.81. The Hall–Kier alpha value is -0.650. The molecule has 1 aliphatic heterocycles. The summed E-state index contributed by atoms with van der Waals surface area (Å²) in [7, 11) is 5.77. The Balaban J connectivity index is 1.88. The summed E-state index contributed by atoms with van der Waals surface area (Å²) in [5.41, 5.74) is 5.40. The molecule has 1 aliphatic carbocycles. The van der Waals surface area contributed by atoms with Crippen LogP contribution in [0.5, 0.6) is 0 Å². The molecule has 3 unspecified atom stereocenters. The lowest BCUT2D eigenvalue weighted by Gasteiger charge is -2.31. The fraction of sp³-hybridized carbons (Fsp3) is 0.929. The topological polar surface area (TPSA) is 58.8 Å². The van der Waals surface area contributed by atoms with Gasteiger partial charge in [-0.25, -0.2) is 0 Å². The van der Waals surface area contributed by atoms with Gasteiger partial charge in [-0.15, -0.1) is 0 Å². The van der Waals surface area contributed by atoms with Crippen molar-refractivity contribution in [2.75, 3.05) is 34.3 Å². The van der Waals surface area contributed by atoms with Gasteiger partial charge < -0.3 is 20.3 Å². The Kier molecular flexibility index (Phi) is 4.48. The molecule has 19 heavy (non-hydrogen) atoms. The molecule has 0 aromatic rings. The van der Waals surface area contributed by atoms with E-state index in [1.165, 1.54) is 26.5 Å². The van der Waals surface area contributed by atoms with Gasteiger partial charge in [-0.05, 0) is 52.7 Å². The van der Waals surface area contributed by atoms with Crippen LogP contribution in [0.3, 0.4) is 0 Å². The van der Waals surface area contributed by atoms with Crippen LogP contribution in [0, 0.1) is 0 Å². The molecule has 1 saturated heterocycles. The second kappa shape index (κ2) is 5.77. The van der Waals surface area contributed by atoms with E-state index in [1.807, 2.05) is 0 Å². The number of nitrogens with zero attached hydrogens (tertiary/aromatic N) is 2. The zero-order valence-electron chi connectivity index (χ0n) is 12.4. The summed E-state index contributed by atoms with van der Waals surface area (Å²) in [6.45, 7) is 2.27. The van der Waals surface area contributed by atoms with Gasteiger partial charge in [0.1, 0.15) is 5.54 Å². The molecule has 0 spiro atoms. The number of likely N-dealkylation sites (N-methyl/N-ethyl adjacent to an activating group) is 2. The summed E-state index contributed by atoms with van der Waals surface area (Å²) in [4.78, 5) is 16.5. The van der Waals surface area contributed by atoms with Crippen LogP contribution in [-0.4, -0.2) is 67.7 Å². The van der Waals surface area contributed by atoms with Gasteiger partial charge in [-0.3, -0.25) is 4.79 Å². The minimum atomic E-state index is -0.769. The van der Waals surface area contributed by atoms with Crippen molar-refractivity contribution in [3.05, 3.63) is 0 Å². The van der Waals surface area contributed by atoms with Gasteiger partial charge in [0.15, 0.2) is 0 Å². The highest BCUT2D eigenvalue weighted by atomic mass is 16.5. The number of rotatable bonds is 4. The first kappa shape index (κ1) is 14.8. The Labute approximate surface area is 116 Å². The van der Waals surface area contributed by atoms with Crippen molar-refractivity contribution < 1.29 is 9.53 Å². The van der Waals surface area contributed by atoms with Crippen LogP contribution in [0.1, 0.15) is 32.1 Å². The van der Waals surface area contributed by atoms with E-state index in [2.05, 4.69) is 23.9 Å². The summed E-state index contributed by atoms with van der Waals surface area (Å²) in [5, 5.41) is 0. The van der Waals surface area contributed by atoms with Crippen molar-refractivity contribution in [3.63, 3.8) is 0 Å². The predicted molar refractivity (Wildman–Crippen MR) is 74.9 cm³/mol. The van der Waals surface area contributed by atoms with Gasteiger partial charge in [-0.1, -0.05) is 0 Å². The van der Waals surface area contributed by atoms with E-state index < -0.39 is 5.54 Å². The van der Waals surface area contributed by atoms with Crippen LogP contribution in [0.4, 0.5) is 0 Å². The van der Waals surface area contributed by atoms with E-state index in [9.17, 15) is 4.79 Å².